The number of carbonyl (C=O) groups excluding carboxylic acids is 1. The van der Waals surface area contributed by atoms with Gasteiger partial charge in [0.1, 0.15) is 5.82 Å². The van der Waals surface area contributed by atoms with E-state index < -0.39 is 5.92 Å². The zero-order valence-electron chi connectivity index (χ0n) is 14.4. The summed E-state index contributed by atoms with van der Waals surface area (Å²) in [6.07, 6.45) is 5.44. The molecule has 4 aromatic rings. The largest absolute Gasteiger partial charge is 0.359 e. The minimum absolute atomic E-state index is 0.123. The van der Waals surface area contributed by atoms with Crippen LogP contribution in [0, 0.1) is 5.82 Å². The van der Waals surface area contributed by atoms with Gasteiger partial charge in [-0.2, -0.15) is 5.10 Å². The lowest BCUT2D eigenvalue weighted by Crippen LogP contribution is -2.27. The number of aromatic amines is 2. The van der Waals surface area contributed by atoms with Crippen molar-refractivity contribution in [1.29, 1.82) is 0 Å². The highest BCUT2D eigenvalue weighted by atomic mass is 19.1. The molecule has 136 valence electrons. The number of anilines is 1. The zero-order valence-corrected chi connectivity index (χ0v) is 14.4. The van der Waals surface area contributed by atoms with Gasteiger partial charge in [0.25, 0.3) is 0 Å². The Morgan fingerprint density at radius 2 is 2.00 bits per heavy atom. The van der Waals surface area contributed by atoms with E-state index in [4.69, 9.17) is 5.73 Å². The van der Waals surface area contributed by atoms with Gasteiger partial charge < -0.3 is 16.0 Å². The van der Waals surface area contributed by atoms with Gasteiger partial charge in [0.2, 0.25) is 5.91 Å². The van der Waals surface area contributed by atoms with Gasteiger partial charge in [-0.05, 0) is 23.8 Å². The van der Waals surface area contributed by atoms with Gasteiger partial charge in [-0.1, -0.05) is 24.3 Å². The Morgan fingerprint density at radius 3 is 2.70 bits per heavy atom. The fourth-order valence-corrected chi connectivity index (χ4v) is 3.20. The number of amides is 1. The second-order valence-electron chi connectivity index (χ2n) is 6.25. The third kappa shape index (κ3) is 3.20. The van der Waals surface area contributed by atoms with Crippen molar-refractivity contribution < 1.29 is 9.18 Å². The number of hydrogen-bond acceptors (Lipinski definition) is 3. The lowest BCUT2D eigenvalue weighted by molar-refractivity contribution is -0.117. The number of benzene rings is 2. The van der Waals surface area contributed by atoms with Crippen LogP contribution in [0.2, 0.25) is 0 Å². The number of rotatable bonds is 5. The van der Waals surface area contributed by atoms with Crippen molar-refractivity contribution in [2.75, 3.05) is 11.9 Å². The molecular weight excluding hydrogens is 345 g/mol. The van der Waals surface area contributed by atoms with Gasteiger partial charge in [-0.15, -0.1) is 0 Å². The van der Waals surface area contributed by atoms with E-state index in [9.17, 15) is 9.18 Å². The number of nitrogens with zero attached hydrogens (tertiary/aromatic N) is 1. The van der Waals surface area contributed by atoms with E-state index in [-0.39, 0.29) is 18.3 Å². The Hall–Kier alpha value is -3.45. The quantitative estimate of drug-likeness (QED) is 0.437. The molecule has 0 radical (unpaired) electrons. The highest BCUT2D eigenvalue weighted by Crippen LogP contribution is 2.32. The summed E-state index contributed by atoms with van der Waals surface area (Å²) < 4.78 is 13.2. The molecule has 0 saturated carbocycles. The molecule has 2 aromatic carbocycles. The van der Waals surface area contributed by atoms with Crippen molar-refractivity contribution in [3.8, 4) is 11.1 Å². The number of carbonyl (C=O) groups is 1. The molecule has 27 heavy (non-hydrogen) atoms. The van der Waals surface area contributed by atoms with Crippen molar-refractivity contribution in [3.63, 3.8) is 0 Å². The van der Waals surface area contributed by atoms with E-state index in [0.717, 1.165) is 22.0 Å². The second-order valence-corrected chi connectivity index (χ2v) is 6.25. The van der Waals surface area contributed by atoms with E-state index in [2.05, 4.69) is 20.5 Å². The molecule has 0 spiro atoms. The van der Waals surface area contributed by atoms with Crippen LogP contribution in [0.5, 0.6) is 0 Å². The van der Waals surface area contributed by atoms with E-state index in [1.807, 2.05) is 30.6 Å². The van der Waals surface area contributed by atoms with Crippen LogP contribution in [-0.4, -0.2) is 27.6 Å². The van der Waals surface area contributed by atoms with Gasteiger partial charge in [0.15, 0.2) is 0 Å². The van der Waals surface area contributed by atoms with E-state index in [0.29, 0.717) is 11.3 Å². The molecule has 0 aliphatic rings. The molecule has 5 N–H and O–H groups in total. The Bertz CT molecular complexity index is 1070. The maximum atomic E-state index is 13.2. The molecule has 1 amide bonds. The average molecular weight is 363 g/mol. The highest BCUT2D eigenvalue weighted by Gasteiger charge is 2.20. The first-order valence-electron chi connectivity index (χ1n) is 8.53. The van der Waals surface area contributed by atoms with Crippen LogP contribution >= 0.6 is 0 Å². The predicted octanol–water partition coefficient (Wildman–Crippen LogP) is 3.38. The van der Waals surface area contributed by atoms with Crippen LogP contribution < -0.4 is 11.1 Å². The lowest BCUT2D eigenvalue weighted by Gasteiger charge is -2.16. The van der Waals surface area contributed by atoms with E-state index in [1.54, 1.807) is 18.3 Å². The van der Waals surface area contributed by atoms with E-state index in [1.165, 1.54) is 12.1 Å². The van der Waals surface area contributed by atoms with Crippen LogP contribution in [-0.2, 0) is 4.79 Å². The first-order valence-corrected chi connectivity index (χ1v) is 8.53. The Labute approximate surface area is 154 Å². The maximum absolute atomic E-state index is 13.2. The number of halogens is 1. The van der Waals surface area contributed by atoms with Crippen LogP contribution in [0.15, 0.2) is 61.1 Å². The third-order valence-electron chi connectivity index (χ3n) is 4.61. The number of fused-ring (bicyclic) bond motifs is 1. The maximum Gasteiger partial charge on any atom is 0.233 e. The standard InChI is InChI=1S/C20H18FN5O/c21-14-6-4-12(5-7-14)16(8-22)20(27)26-18-3-1-2-15-17(11-23-19(15)18)13-9-24-25-10-13/h1-7,9-11,16,23H,8,22H2,(H,24,25)(H,26,27). The minimum Gasteiger partial charge on any atom is -0.359 e. The number of nitrogens with two attached hydrogens (primary N) is 1. The van der Waals surface area contributed by atoms with Crippen molar-refractivity contribution in [3.05, 3.63) is 72.4 Å². The molecule has 0 aliphatic carbocycles. The topological polar surface area (TPSA) is 99.6 Å². The summed E-state index contributed by atoms with van der Waals surface area (Å²) in [5.74, 6) is -1.15. The molecule has 2 heterocycles. The number of aromatic nitrogens is 3. The van der Waals surface area contributed by atoms with Crippen molar-refractivity contribution in [2.24, 2.45) is 5.73 Å². The van der Waals surface area contributed by atoms with Crippen molar-refractivity contribution in [2.45, 2.75) is 5.92 Å². The molecule has 7 heteroatoms. The van der Waals surface area contributed by atoms with Crippen LogP contribution in [0.25, 0.3) is 22.0 Å². The monoisotopic (exact) mass is 363 g/mol. The second kappa shape index (κ2) is 7.05. The van der Waals surface area contributed by atoms with Crippen molar-refractivity contribution in [1.82, 2.24) is 15.2 Å². The van der Waals surface area contributed by atoms with Crippen LogP contribution in [0.1, 0.15) is 11.5 Å². The summed E-state index contributed by atoms with van der Waals surface area (Å²) >= 11 is 0. The minimum atomic E-state index is -0.566. The van der Waals surface area contributed by atoms with Gasteiger partial charge >= 0.3 is 0 Å². The molecule has 4 rings (SSSR count). The smallest absolute Gasteiger partial charge is 0.233 e. The number of nitrogens with one attached hydrogen (secondary N) is 3. The third-order valence-corrected chi connectivity index (χ3v) is 4.61. The predicted molar refractivity (Wildman–Crippen MR) is 103 cm³/mol. The van der Waals surface area contributed by atoms with Gasteiger partial charge in [-0.3, -0.25) is 9.89 Å². The Balaban J connectivity index is 1.64. The summed E-state index contributed by atoms with van der Waals surface area (Å²) in [5.41, 5.74) is 9.90. The van der Waals surface area contributed by atoms with Gasteiger partial charge in [0.05, 0.1) is 23.3 Å². The lowest BCUT2D eigenvalue weighted by atomic mass is 9.98. The Kier molecular flexibility index (Phi) is 4.43. The molecule has 1 atom stereocenters. The summed E-state index contributed by atoms with van der Waals surface area (Å²) in [7, 11) is 0. The molecule has 6 nitrogen and oxygen atoms in total. The Morgan fingerprint density at radius 1 is 1.19 bits per heavy atom. The molecule has 2 aromatic heterocycles. The highest BCUT2D eigenvalue weighted by molar-refractivity contribution is 6.07. The van der Waals surface area contributed by atoms with Crippen LogP contribution in [0.4, 0.5) is 10.1 Å². The fraction of sp³-hybridized carbons (Fsp3) is 0.100. The number of H-pyrrole nitrogens is 2. The fourth-order valence-electron chi connectivity index (χ4n) is 3.20. The molecular formula is C20H18FN5O. The van der Waals surface area contributed by atoms with Gasteiger partial charge in [-0.25, -0.2) is 4.39 Å². The normalized spacial score (nSPS) is 12.2. The summed E-state index contributed by atoms with van der Waals surface area (Å²) in [6.45, 7) is 0.123. The number of para-hydroxylation sites is 1. The van der Waals surface area contributed by atoms with Gasteiger partial charge in [0, 0.05) is 35.5 Å². The van der Waals surface area contributed by atoms with Crippen LogP contribution in [0.3, 0.4) is 0 Å². The molecule has 0 fully saturated rings. The first-order chi connectivity index (χ1) is 13.2. The molecule has 0 aliphatic heterocycles. The molecule has 1 unspecified atom stereocenters. The molecule has 0 bridgehead atoms. The summed E-state index contributed by atoms with van der Waals surface area (Å²) in [5, 5.41) is 10.7. The van der Waals surface area contributed by atoms with E-state index >= 15 is 0 Å². The number of hydrogen-bond donors (Lipinski definition) is 4. The van der Waals surface area contributed by atoms with Crippen molar-refractivity contribution >= 4 is 22.5 Å². The molecule has 0 saturated heterocycles. The SMILES string of the molecule is NCC(C(=O)Nc1cccc2c(-c3cn[nH]c3)c[nH]c12)c1ccc(F)cc1. The summed E-state index contributed by atoms with van der Waals surface area (Å²) in [6, 6.07) is 11.5. The zero-order chi connectivity index (χ0) is 18.8. The summed E-state index contributed by atoms with van der Waals surface area (Å²) in [4.78, 5) is 16.0. The first kappa shape index (κ1) is 17.0. The average Bonchev–Trinajstić information content (AvgIpc) is 3.33.